The first-order valence-electron chi connectivity index (χ1n) is 9.69. The molecule has 0 atom stereocenters. The van der Waals surface area contributed by atoms with Gasteiger partial charge in [-0.1, -0.05) is 48.0 Å². The van der Waals surface area contributed by atoms with Crippen molar-refractivity contribution in [3.63, 3.8) is 0 Å². The standard InChI is InChI=1S/C23H24N4O/c1-3-24-23(28)20-14-25-21(18-10-6-7-16(2)13-18)26-22(20)27-12-11-17-8-4-5-9-19(17)15-27/h4-10,13-14H,3,11-12,15H2,1-2H3,(H,24,28). The van der Waals surface area contributed by atoms with Crippen molar-refractivity contribution in [1.29, 1.82) is 0 Å². The van der Waals surface area contributed by atoms with Gasteiger partial charge in [-0.2, -0.15) is 0 Å². The van der Waals surface area contributed by atoms with Crippen LogP contribution in [0.4, 0.5) is 5.82 Å². The van der Waals surface area contributed by atoms with Crippen LogP contribution in [0.3, 0.4) is 0 Å². The average molecular weight is 372 g/mol. The molecule has 1 aliphatic rings. The van der Waals surface area contributed by atoms with Crippen molar-refractivity contribution in [1.82, 2.24) is 15.3 Å². The smallest absolute Gasteiger partial charge is 0.256 e. The maximum absolute atomic E-state index is 12.6. The van der Waals surface area contributed by atoms with E-state index in [0.29, 0.717) is 23.8 Å². The summed E-state index contributed by atoms with van der Waals surface area (Å²) >= 11 is 0. The molecule has 5 nitrogen and oxygen atoms in total. The number of rotatable bonds is 4. The highest BCUT2D eigenvalue weighted by molar-refractivity contribution is 5.99. The summed E-state index contributed by atoms with van der Waals surface area (Å²) in [6.07, 6.45) is 2.60. The van der Waals surface area contributed by atoms with Crippen molar-refractivity contribution in [3.8, 4) is 11.4 Å². The largest absolute Gasteiger partial charge is 0.352 e. The number of benzene rings is 2. The van der Waals surface area contributed by atoms with Gasteiger partial charge in [0.2, 0.25) is 0 Å². The van der Waals surface area contributed by atoms with Gasteiger partial charge in [-0.3, -0.25) is 4.79 Å². The first kappa shape index (κ1) is 18.2. The normalized spacial score (nSPS) is 13.1. The minimum atomic E-state index is -0.132. The average Bonchev–Trinajstić information content (AvgIpc) is 2.73. The second kappa shape index (κ2) is 7.80. The molecule has 2 aromatic carbocycles. The van der Waals surface area contributed by atoms with Crippen LogP contribution in [0.2, 0.25) is 0 Å². The zero-order valence-electron chi connectivity index (χ0n) is 16.3. The van der Waals surface area contributed by atoms with Crippen LogP contribution in [0.1, 0.15) is 34.0 Å². The fourth-order valence-corrected chi connectivity index (χ4v) is 3.63. The Morgan fingerprint density at radius 1 is 1.14 bits per heavy atom. The number of nitrogens with zero attached hydrogens (tertiary/aromatic N) is 3. The monoisotopic (exact) mass is 372 g/mol. The fourth-order valence-electron chi connectivity index (χ4n) is 3.63. The number of fused-ring (bicyclic) bond motifs is 1. The molecular formula is C23H24N4O. The van der Waals surface area contributed by atoms with Crippen molar-refractivity contribution >= 4 is 11.7 Å². The minimum Gasteiger partial charge on any atom is -0.352 e. The molecular weight excluding hydrogens is 348 g/mol. The van der Waals surface area contributed by atoms with Gasteiger partial charge in [0.15, 0.2) is 5.82 Å². The van der Waals surface area contributed by atoms with Crippen LogP contribution in [0.15, 0.2) is 54.7 Å². The number of amides is 1. The number of carbonyl (C=O) groups excluding carboxylic acids is 1. The number of anilines is 1. The Morgan fingerprint density at radius 3 is 2.75 bits per heavy atom. The van der Waals surface area contributed by atoms with Gasteiger partial charge in [0.05, 0.1) is 0 Å². The Balaban J connectivity index is 1.76. The van der Waals surface area contributed by atoms with Crippen molar-refractivity contribution in [2.24, 2.45) is 0 Å². The SMILES string of the molecule is CCNC(=O)c1cnc(-c2cccc(C)c2)nc1N1CCc2ccccc2C1. The molecule has 0 fully saturated rings. The number of nitrogens with one attached hydrogen (secondary N) is 1. The summed E-state index contributed by atoms with van der Waals surface area (Å²) < 4.78 is 0. The number of hydrogen-bond acceptors (Lipinski definition) is 4. The lowest BCUT2D eigenvalue weighted by atomic mass is 9.99. The van der Waals surface area contributed by atoms with Crippen molar-refractivity contribution < 1.29 is 4.79 Å². The van der Waals surface area contributed by atoms with E-state index in [1.165, 1.54) is 11.1 Å². The summed E-state index contributed by atoms with van der Waals surface area (Å²) in [7, 11) is 0. The summed E-state index contributed by atoms with van der Waals surface area (Å²) in [6.45, 7) is 6.10. The molecule has 2 heterocycles. The molecule has 1 amide bonds. The second-order valence-corrected chi connectivity index (χ2v) is 7.10. The summed E-state index contributed by atoms with van der Waals surface area (Å²) in [5.74, 6) is 1.21. The van der Waals surface area contributed by atoms with Crippen LogP contribution >= 0.6 is 0 Å². The lowest BCUT2D eigenvalue weighted by molar-refractivity contribution is 0.0955. The van der Waals surface area contributed by atoms with Gasteiger partial charge >= 0.3 is 0 Å². The van der Waals surface area contributed by atoms with E-state index in [1.807, 2.05) is 19.1 Å². The molecule has 1 aliphatic heterocycles. The molecule has 0 spiro atoms. The predicted molar refractivity (Wildman–Crippen MR) is 111 cm³/mol. The van der Waals surface area contributed by atoms with E-state index in [9.17, 15) is 4.79 Å². The highest BCUT2D eigenvalue weighted by Crippen LogP contribution is 2.28. The number of hydrogen-bond donors (Lipinski definition) is 1. The van der Waals surface area contributed by atoms with E-state index >= 15 is 0 Å². The fraction of sp³-hybridized carbons (Fsp3) is 0.261. The van der Waals surface area contributed by atoms with Crippen LogP contribution in [-0.4, -0.2) is 29.0 Å². The van der Waals surface area contributed by atoms with Gasteiger partial charge in [-0.25, -0.2) is 9.97 Å². The van der Waals surface area contributed by atoms with E-state index in [2.05, 4.69) is 58.5 Å². The van der Waals surface area contributed by atoms with Gasteiger partial charge in [-0.15, -0.1) is 0 Å². The molecule has 5 heteroatoms. The molecule has 142 valence electrons. The van der Waals surface area contributed by atoms with E-state index in [0.717, 1.165) is 30.6 Å². The summed E-state index contributed by atoms with van der Waals surface area (Å²) in [5.41, 5.74) is 5.29. The molecule has 1 aromatic heterocycles. The van der Waals surface area contributed by atoms with Crippen LogP contribution in [0.25, 0.3) is 11.4 Å². The summed E-state index contributed by atoms with van der Waals surface area (Å²) in [4.78, 5) is 24.2. The lowest BCUT2D eigenvalue weighted by Gasteiger charge is -2.31. The Labute approximate surface area is 165 Å². The van der Waals surface area contributed by atoms with Crippen molar-refractivity contribution in [2.75, 3.05) is 18.0 Å². The Morgan fingerprint density at radius 2 is 1.96 bits per heavy atom. The topological polar surface area (TPSA) is 58.1 Å². The third-order valence-corrected chi connectivity index (χ3v) is 5.06. The van der Waals surface area contributed by atoms with Gasteiger partial charge in [0.25, 0.3) is 5.91 Å². The van der Waals surface area contributed by atoms with Crippen molar-refractivity contribution in [3.05, 3.63) is 77.0 Å². The minimum absolute atomic E-state index is 0.132. The zero-order chi connectivity index (χ0) is 19.5. The Kier molecular flexibility index (Phi) is 5.06. The molecule has 0 aliphatic carbocycles. The molecule has 4 rings (SSSR count). The van der Waals surface area contributed by atoms with Crippen molar-refractivity contribution in [2.45, 2.75) is 26.8 Å². The van der Waals surface area contributed by atoms with Gasteiger partial charge in [-0.05, 0) is 37.5 Å². The van der Waals surface area contributed by atoms with Crippen LogP contribution < -0.4 is 10.2 Å². The Hall–Kier alpha value is -3.21. The van der Waals surface area contributed by atoms with Gasteiger partial charge < -0.3 is 10.2 Å². The van der Waals surface area contributed by atoms with Crippen LogP contribution in [0.5, 0.6) is 0 Å². The molecule has 0 saturated heterocycles. The molecule has 0 unspecified atom stereocenters. The zero-order valence-corrected chi connectivity index (χ0v) is 16.3. The third kappa shape index (κ3) is 3.60. The van der Waals surface area contributed by atoms with Gasteiger partial charge in [0.1, 0.15) is 11.4 Å². The molecule has 3 aromatic rings. The highest BCUT2D eigenvalue weighted by Gasteiger charge is 2.23. The maximum Gasteiger partial charge on any atom is 0.256 e. The molecule has 28 heavy (non-hydrogen) atoms. The van der Waals surface area contributed by atoms with E-state index in [4.69, 9.17) is 4.98 Å². The summed E-state index contributed by atoms with van der Waals surface area (Å²) in [5, 5.41) is 2.88. The van der Waals surface area contributed by atoms with Gasteiger partial charge in [0, 0.05) is 31.4 Å². The second-order valence-electron chi connectivity index (χ2n) is 7.10. The Bertz CT molecular complexity index is 1010. The molecule has 0 bridgehead atoms. The van der Waals surface area contributed by atoms with Crippen LogP contribution in [0, 0.1) is 6.92 Å². The number of aromatic nitrogens is 2. The quantitative estimate of drug-likeness (QED) is 0.757. The third-order valence-electron chi connectivity index (χ3n) is 5.06. The number of aryl methyl sites for hydroxylation is 1. The molecule has 0 saturated carbocycles. The van der Waals surface area contributed by atoms with E-state index in [-0.39, 0.29) is 5.91 Å². The number of carbonyl (C=O) groups is 1. The summed E-state index contributed by atoms with van der Waals surface area (Å²) in [6, 6.07) is 16.6. The first-order chi connectivity index (χ1) is 13.7. The predicted octanol–water partition coefficient (Wildman–Crippen LogP) is 3.76. The van der Waals surface area contributed by atoms with E-state index < -0.39 is 0 Å². The first-order valence-corrected chi connectivity index (χ1v) is 9.69. The molecule has 1 N–H and O–H groups in total. The lowest BCUT2D eigenvalue weighted by Crippen LogP contribution is -2.34. The molecule has 0 radical (unpaired) electrons. The maximum atomic E-state index is 12.6. The van der Waals surface area contributed by atoms with E-state index in [1.54, 1.807) is 6.20 Å². The highest BCUT2D eigenvalue weighted by atomic mass is 16.1. The van der Waals surface area contributed by atoms with Crippen LogP contribution in [-0.2, 0) is 13.0 Å².